The van der Waals surface area contributed by atoms with E-state index in [-0.39, 0.29) is 17.9 Å². The minimum absolute atomic E-state index is 0.216. The molecule has 1 N–H and O–H groups in total. The second kappa shape index (κ2) is 9.79. The Hall–Kier alpha value is -3.24. The molecule has 5 rings (SSSR count). The highest BCUT2D eigenvalue weighted by molar-refractivity contribution is 6.02. The molecule has 2 aromatic rings. The molecule has 11 nitrogen and oxygen atoms in total. The van der Waals surface area contributed by atoms with Crippen LogP contribution in [0.4, 0.5) is 10.7 Å². The molecule has 0 radical (unpaired) electrons. The van der Waals surface area contributed by atoms with Gasteiger partial charge in [0.25, 0.3) is 0 Å². The maximum absolute atomic E-state index is 12.4. The number of hydrogen-bond donors (Lipinski definition) is 1. The van der Waals surface area contributed by atoms with E-state index in [1.165, 1.54) is 13.5 Å². The fraction of sp³-hybridized carbons (Fsp3) is 0.667. The lowest BCUT2D eigenvalue weighted by atomic mass is 9.83. The molecule has 35 heavy (non-hydrogen) atoms. The van der Waals surface area contributed by atoms with Crippen LogP contribution in [0.15, 0.2) is 6.20 Å². The predicted molar refractivity (Wildman–Crippen MR) is 128 cm³/mol. The van der Waals surface area contributed by atoms with Crippen LogP contribution < -0.4 is 10.2 Å². The fourth-order valence-electron chi connectivity index (χ4n) is 5.74. The highest BCUT2D eigenvalue weighted by Gasteiger charge is 2.33. The summed E-state index contributed by atoms with van der Waals surface area (Å²) in [4.78, 5) is 49.0. The predicted octanol–water partition coefficient (Wildman–Crippen LogP) is 1.97. The van der Waals surface area contributed by atoms with Crippen LogP contribution in [-0.2, 0) is 21.4 Å². The first-order chi connectivity index (χ1) is 16.9. The zero-order valence-electron chi connectivity index (χ0n) is 20.4. The molecule has 0 spiro atoms. The van der Waals surface area contributed by atoms with Crippen LogP contribution in [0.2, 0.25) is 0 Å². The van der Waals surface area contributed by atoms with E-state index >= 15 is 0 Å². The summed E-state index contributed by atoms with van der Waals surface area (Å²) in [6.45, 7) is 3.40. The first-order valence-corrected chi connectivity index (χ1v) is 12.5. The number of anilines is 1. The van der Waals surface area contributed by atoms with Crippen molar-refractivity contribution >= 4 is 34.9 Å². The molecule has 0 bridgehead atoms. The number of carbonyl (C=O) groups is 3. The molecule has 3 aliphatic rings. The number of methoxy groups -OCH3 is 1. The van der Waals surface area contributed by atoms with Gasteiger partial charge in [-0.05, 0) is 50.4 Å². The van der Waals surface area contributed by atoms with Crippen LogP contribution in [0.3, 0.4) is 0 Å². The molecule has 1 atom stereocenters. The molecule has 2 aromatic heterocycles. The van der Waals surface area contributed by atoms with Gasteiger partial charge >= 0.3 is 6.09 Å². The molecule has 0 aromatic carbocycles. The van der Waals surface area contributed by atoms with Crippen LogP contribution in [0.25, 0.3) is 11.0 Å². The molecule has 3 amide bonds. The van der Waals surface area contributed by atoms with Crippen LogP contribution in [0, 0.1) is 11.8 Å². The molecule has 5 heterocycles. The summed E-state index contributed by atoms with van der Waals surface area (Å²) in [5.41, 5.74) is 1.34. The van der Waals surface area contributed by atoms with Crippen molar-refractivity contribution in [2.24, 2.45) is 18.9 Å². The Labute approximate surface area is 204 Å². The molecular weight excluding hydrogens is 450 g/mol. The summed E-state index contributed by atoms with van der Waals surface area (Å²) in [5.74, 6) is 1.05. The summed E-state index contributed by atoms with van der Waals surface area (Å²) in [5, 5.41) is 7.74. The molecule has 188 valence electrons. The molecule has 0 aliphatic carbocycles. The van der Waals surface area contributed by atoms with Gasteiger partial charge in [-0.3, -0.25) is 14.9 Å². The van der Waals surface area contributed by atoms with Crippen LogP contribution in [0.5, 0.6) is 0 Å². The van der Waals surface area contributed by atoms with Crippen molar-refractivity contribution in [3.63, 3.8) is 0 Å². The van der Waals surface area contributed by atoms with Crippen molar-refractivity contribution < 1.29 is 19.1 Å². The van der Waals surface area contributed by atoms with E-state index < -0.39 is 5.92 Å². The Morgan fingerprint density at radius 2 is 1.77 bits per heavy atom. The third-order valence-corrected chi connectivity index (χ3v) is 7.78. The number of aryl methyl sites for hydroxylation is 1. The number of aromatic nitrogens is 4. The number of rotatable bonds is 4. The van der Waals surface area contributed by atoms with Gasteiger partial charge in [0.15, 0.2) is 5.65 Å². The van der Waals surface area contributed by atoms with Crippen molar-refractivity contribution in [3.05, 3.63) is 11.9 Å². The van der Waals surface area contributed by atoms with Gasteiger partial charge in [-0.1, -0.05) is 0 Å². The molecule has 3 fully saturated rings. The van der Waals surface area contributed by atoms with E-state index in [2.05, 4.69) is 20.3 Å². The molecule has 3 aliphatic heterocycles. The van der Waals surface area contributed by atoms with Gasteiger partial charge in [0.1, 0.15) is 0 Å². The smallest absolute Gasteiger partial charge is 0.409 e. The topological polar surface area (TPSA) is 123 Å². The Morgan fingerprint density at radius 1 is 1.09 bits per heavy atom. The Bertz CT molecular complexity index is 1120. The van der Waals surface area contributed by atoms with Crippen molar-refractivity contribution in [1.82, 2.24) is 30.0 Å². The average molecular weight is 484 g/mol. The van der Waals surface area contributed by atoms with E-state index in [1.807, 2.05) is 7.05 Å². The van der Waals surface area contributed by atoms with Crippen LogP contribution >= 0.6 is 0 Å². The lowest BCUT2D eigenvalue weighted by Gasteiger charge is -2.36. The monoisotopic (exact) mass is 483 g/mol. The molecule has 1 unspecified atom stereocenters. The van der Waals surface area contributed by atoms with Crippen molar-refractivity contribution in [3.8, 4) is 0 Å². The maximum Gasteiger partial charge on any atom is 0.409 e. The highest BCUT2D eigenvalue weighted by Crippen LogP contribution is 2.33. The maximum atomic E-state index is 12.4. The molecule has 0 saturated carbocycles. The Balaban J connectivity index is 1.19. The number of piperidine rings is 3. The third-order valence-electron chi connectivity index (χ3n) is 7.78. The molecule has 11 heteroatoms. The van der Waals surface area contributed by atoms with Crippen molar-refractivity contribution in [2.75, 3.05) is 38.2 Å². The minimum Gasteiger partial charge on any atom is -0.453 e. The lowest BCUT2D eigenvalue weighted by Crippen LogP contribution is -2.40. The van der Waals surface area contributed by atoms with E-state index in [0.717, 1.165) is 57.2 Å². The van der Waals surface area contributed by atoms with E-state index in [1.54, 1.807) is 15.8 Å². The standard InChI is InChI=1S/C24H33N7O4/c1-29-21-18(20(28-29)17-3-4-19(32)26-22(17)33)14-25-23(27-21)30-9-5-15(6-10-30)13-16-7-11-31(12-8-16)24(34)35-2/h14-17H,3-13H2,1-2H3,(H,26,32,33). The summed E-state index contributed by atoms with van der Waals surface area (Å²) >= 11 is 0. The van der Waals surface area contributed by atoms with Gasteiger partial charge in [0.2, 0.25) is 17.8 Å². The largest absolute Gasteiger partial charge is 0.453 e. The Morgan fingerprint density at radius 3 is 2.43 bits per heavy atom. The number of nitrogens with zero attached hydrogens (tertiary/aromatic N) is 6. The summed E-state index contributed by atoms with van der Waals surface area (Å²) in [6.07, 6.45) is 7.82. The number of nitrogens with one attached hydrogen (secondary N) is 1. The van der Waals surface area contributed by atoms with Gasteiger partial charge in [-0.25, -0.2) is 14.5 Å². The number of fused-ring (bicyclic) bond motifs is 1. The van der Waals surface area contributed by atoms with Crippen LogP contribution in [-0.4, -0.2) is 75.8 Å². The lowest BCUT2D eigenvalue weighted by molar-refractivity contribution is -0.134. The summed E-state index contributed by atoms with van der Waals surface area (Å²) < 4.78 is 6.54. The van der Waals surface area contributed by atoms with Crippen molar-refractivity contribution in [2.45, 2.75) is 50.9 Å². The third kappa shape index (κ3) is 4.81. The number of likely N-dealkylation sites (tertiary alicyclic amines) is 1. The SMILES string of the molecule is COC(=O)N1CCC(CC2CCN(c3ncc4c(C5CCC(=O)NC5=O)nn(C)c4n3)CC2)CC1. The zero-order valence-corrected chi connectivity index (χ0v) is 20.4. The van der Waals surface area contributed by atoms with Crippen molar-refractivity contribution in [1.29, 1.82) is 0 Å². The normalized spacial score (nSPS) is 22.5. The molecule has 3 saturated heterocycles. The fourth-order valence-corrected chi connectivity index (χ4v) is 5.74. The van der Waals surface area contributed by atoms with E-state index in [0.29, 0.717) is 42.0 Å². The quantitative estimate of drug-likeness (QED) is 0.655. The second-order valence-corrected chi connectivity index (χ2v) is 9.99. The Kier molecular flexibility index (Phi) is 6.57. The van der Waals surface area contributed by atoms with Gasteiger partial charge in [-0.2, -0.15) is 10.1 Å². The van der Waals surface area contributed by atoms with Gasteiger partial charge < -0.3 is 14.5 Å². The number of hydrogen-bond acceptors (Lipinski definition) is 8. The van der Waals surface area contributed by atoms with Gasteiger partial charge in [0, 0.05) is 45.8 Å². The van der Waals surface area contributed by atoms with Gasteiger partial charge in [0.05, 0.1) is 24.1 Å². The number of imide groups is 1. The van der Waals surface area contributed by atoms with E-state index in [4.69, 9.17) is 9.72 Å². The second-order valence-electron chi connectivity index (χ2n) is 9.99. The first-order valence-electron chi connectivity index (χ1n) is 12.5. The minimum atomic E-state index is -0.457. The average Bonchev–Trinajstić information content (AvgIpc) is 3.20. The number of carbonyl (C=O) groups excluding carboxylic acids is 3. The number of amides is 3. The highest BCUT2D eigenvalue weighted by atomic mass is 16.5. The summed E-state index contributed by atoms with van der Waals surface area (Å²) in [6, 6.07) is 0. The molecular formula is C24H33N7O4. The van der Waals surface area contributed by atoms with Crippen LogP contribution in [0.1, 0.15) is 56.6 Å². The van der Waals surface area contributed by atoms with Gasteiger partial charge in [-0.15, -0.1) is 0 Å². The summed E-state index contributed by atoms with van der Waals surface area (Å²) in [7, 11) is 3.27. The number of ether oxygens (including phenoxy) is 1. The first kappa shape index (κ1) is 23.5. The zero-order chi connectivity index (χ0) is 24.5. The van der Waals surface area contributed by atoms with E-state index in [9.17, 15) is 14.4 Å².